The van der Waals surface area contributed by atoms with E-state index in [1.807, 2.05) is 4.90 Å². The maximum Gasteiger partial charge on any atom is 0.368 e. The molecule has 1 aliphatic heterocycles. The Morgan fingerprint density at radius 1 is 1.38 bits per heavy atom. The van der Waals surface area contributed by atoms with Crippen LogP contribution in [-0.2, 0) is 10.0 Å². The standard InChI is InChI=1S/C13H18N6O4S/c1-2-24(22,23)16-10-5-7-17(8-6-10)12-4-3-11-14-9-13(19(20)21)18(11)15-12/h3-4,9-10,16H,2,5-8H2,1H3. The van der Waals surface area contributed by atoms with E-state index < -0.39 is 14.9 Å². The van der Waals surface area contributed by atoms with Gasteiger partial charge in [0.25, 0.3) is 0 Å². The summed E-state index contributed by atoms with van der Waals surface area (Å²) in [5.41, 5.74) is 0.413. The minimum absolute atomic E-state index is 0.0652. The molecule has 0 aliphatic carbocycles. The molecule has 1 fully saturated rings. The molecule has 1 saturated heterocycles. The van der Waals surface area contributed by atoms with Gasteiger partial charge in [-0.05, 0) is 30.8 Å². The van der Waals surface area contributed by atoms with Gasteiger partial charge in [0.1, 0.15) is 6.20 Å². The lowest BCUT2D eigenvalue weighted by molar-refractivity contribution is -0.391. The number of imidazole rings is 1. The van der Waals surface area contributed by atoms with Gasteiger partial charge in [0, 0.05) is 25.2 Å². The molecule has 1 N–H and O–H groups in total. The summed E-state index contributed by atoms with van der Waals surface area (Å²) in [4.78, 5) is 16.4. The number of nitro groups is 1. The Labute approximate surface area is 138 Å². The predicted molar refractivity (Wildman–Crippen MR) is 87.5 cm³/mol. The lowest BCUT2D eigenvalue weighted by atomic mass is 10.1. The Morgan fingerprint density at radius 3 is 2.71 bits per heavy atom. The second-order valence-electron chi connectivity index (χ2n) is 5.62. The van der Waals surface area contributed by atoms with Crippen LogP contribution in [0.25, 0.3) is 5.65 Å². The lowest BCUT2D eigenvalue weighted by Crippen LogP contribution is -2.45. The van der Waals surface area contributed by atoms with Crippen molar-refractivity contribution >= 4 is 27.3 Å². The van der Waals surface area contributed by atoms with Crippen LogP contribution in [0.15, 0.2) is 18.3 Å². The van der Waals surface area contributed by atoms with Crippen LogP contribution < -0.4 is 9.62 Å². The van der Waals surface area contributed by atoms with E-state index >= 15 is 0 Å². The van der Waals surface area contributed by atoms with Crippen molar-refractivity contribution in [3.8, 4) is 0 Å². The Hall–Kier alpha value is -2.27. The van der Waals surface area contributed by atoms with Crippen molar-refractivity contribution in [1.82, 2.24) is 19.3 Å². The van der Waals surface area contributed by atoms with Crippen molar-refractivity contribution in [3.63, 3.8) is 0 Å². The Balaban J connectivity index is 1.73. The molecule has 0 atom stereocenters. The molecule has 0 spiro atoms. The van der Waals surface area contributed by atoms with E-state index in [1.165, 1.54) is 10.7 Å². The second-order valence-corrected chi connectivity index (χ2v) is 7.66. The van der Waals surface area contributed by atoms with Crippen LogP contribution in [0.1, 0.15) is 19.8 Å². The number of hydrogen-bond donors (Lipinski definition) is 1. The molecule has 0 saturated carbocycles. The second kappa shape index (κ2) is 6.32. The van der Waals surface area contributed by atoms with Crippen LogP contribution in [0, 0.1) is 10.1 Å². The fourth-order valence-corrected chi connectivity index (χ4v) is 3.62. The first kappa shape index (κ1) is 16.6. The molecule has 0 amide bonds. The predicted octanol–water partition coefficient (Wildman–Crippen LogP) is 0.546. The molecule has 2 aromatic rings. The number of aromatic nitrogens is 3. The van der Waals surface area contributed by atoms with Gasteiger partial charge in [-0.2, -0.15) is 0 Å². The minimum atomic E-state index is -3.21. The largest absolute Gasteiger partial charge is 0.368 e. The molecule has 1 aliphatic rings. The Morgan fingerprint density at radius 2 is 2.08 bits per heavy atom. The highest BCUT2D eigenvalue weighted by molar-refractivity contribution is 7.89. The molecular weight excluding hydrogens is 336 g/mol. The highest BCUT2D eigenvalue weighted by Crippen LogP contribution is 2.21. The molecule has 0 unspecified atom stereocenters. The molecule has 10 nitrogen and oxygen atoms in total. The highest BCUT2D eigenvalue weighted by Gasteiger charge is 2.25. The summed E-state index contributed by atoms with van der Waals surface area (Å²) in [6.07, 6.45) is 2.49. The Kier molecular flexibility index (Phi) is 4.37. The smallest absolute Gasteiger partial charge is 0.358 e. The average molecular weight is 354 g/mol. The van der Waals surface area contributed by atoms with Crippen LogP contribution in [0.3, 0.4) is 0 Å². The van der Waals surface area contributed by atoms with E-state index in [2.05, 4.69) is 14.8 Å². The summed E-state index contributed by atoms with van der Waals surface area (Å²) >= 11 is 0. The molecule has 11 heteroatoms. The van der Waals surface area contributed by atoms with Crippen LogP contribution >= 0.6 is 0 Å². The number of rotatable bonds is 5. The number of piperidine rings is 1. The van der Waals surface area contributed by atoms with E-state index in [-0.39, 0.29) is 17.6 Å². The first-order chi connectivity index (χ1) is 11.4. The summed E-state index contributed by atoms with van der Waals surface area (Å²) in [6, 6.07) is 3.36. The Bertz CT molecular complexity index is 856. The zero-order valence-electron chi connectivity index (χ0n) is 13.1. The van der Waals surface area contributed by atoms with Gasteiger partial charge in [0.2, 0.25) is 15.7 Å². The lowest BCUT2D eigenvalue weighted by Gasteiger charge is -2.32. The summed E-state index contributed by atoms with van der Waals surface area (Å²) in [6.45, 7) is 2.85. The molecule has 3 heterocycles. The molecule has 130 valence electrons. The summed E-state index contributed by atoms with van der Waals surface area (Å²) < 4.78 is 27.1. The van der Waals surface area contributed by atoms with Gasteiger partial charge in [-0.25, -0.2) is 18.1 Å². The molecule has 0 bridgehead atoms. The molecule has 24 heavy (non-hydrogen) atoms. The summed E-state index contributed by atoms with van der Waals surface area (Å²) in [5, 5.41) is 15.3. The maximum absolute atomic E-state index is 11.6. The number of hydrogen-bond acceptors (Lipinski definition) is 7. The van der Waals surface area contributed by atoms with Gasteiger partial charge in [0.05, 0.1) is 5.75 Å². The van der Waals surface area contributed by atoms with Crippen LogP contribution in [0.4, 0.5) is 11.6 Å². The van der Waals surface area contributed by atoms with Gasteiger partial charge >= 0.3 is 5.82 Å². The molecule has 0 aromatic carbocycles. The molecule has 2 aromatic heterocycles. The summed E-state index contributed by atoms with van der Waals surface area (Å²) in [7, 11) is -3.21. The first-order valence-electron chi connectivity index (χ1n) is 7.64. The van der Waals surface area contributed by atoms with E-state index in [0.29, 0.717) is 37.4 Å². The van der Waals surface area contributed by atoms with E-state index in [9.17, 15) is 18.5 Å². The number of anilines is 1. The first-order valence-corrected chi connectivity index (χ1v) is 9.29. The number of nitrogens with one attached hydrogen (secondary N) is 1. The van der Waals surface area contributed by atoms with E-state index in [0.717, 1.165) is 0 Å². The van der Waals surface area contributed by atoms with Crippen molar-refractivity contribution in [2.75, 3.05) is 23.7 Å². The van der Waals surface area contributed by atoms with Gasteiger partial charge in [-0.1, -0.05) is 9.61 Å². The van der Waals surface area contributed by atoms with E-state index in [1.54, 1.807) is 19.1 Å². The third-order valence-corrected chi connectivity index (χ3v) is 5.52. The zero-order valence-corrected chi connectivity index (χ0v) is 13.9. The van der Waals surface area contributed by atoms with E-state index in [4.69, 9.17) is 0 Å². The number of sulfonamides is 1. The van der Waals surface area contributed by atoms with Crippen molar-refractivity contribution in [2.24, 2.45) is 0 Å². The molecular formula is C13H18N6O4S. The van der Waals surface area contributed by atoms with Gasteiger partial charge < -0.3 is 15.0 Å². The minimum Gasteiger partial charge on any atom is -0.358 e. The summed E-state index contributed by atoms with van der Waals surface area (Å²) in [5.74, 6) is 0.494. The van der Waals surface area contributed by atoms with Crippen molar-refractivity contribution in [1.29, 1.82) is 0 Å². The topological polar surface area (TPSA) is 123 Å². The van der Waals surface area contributed by atoms with Crippen molar-refractivity contribution in [3.05, 3.63) is 28.4 Å². The monoisotopic (exact) mass is 354 g/mol. The maximum atomic E-state index is 11.6. The van der Waals surface area contributed by atoms with Crippen LogP contribution in [0.2, 0.25) is 0 Å². The fourth-order valence-electron chi connectivity index (χ4n) is 2.71. The van der Waals surface area contributed by atoms with Crippen LogP contribution in [-0.4, -0.2) is 52.8 Å². The third kappa shape index (κ3) is 3.31. The van der Waals surface area contributed by atoms with Crippen molar-refractivity contribution < 1.29 is 13.3 Å². The average Bonchev–Trinajstić information content (AvgIpc) is 2.98. The number of fused-ring (bicyclic) bond motifs is 1. The molecule has 3 rings (SSSR count). The van der Waals surface area contributed by atoms with Gasteiger partial charge in [-0.3, -0.25) is 0 Å². The third-order valence-electron chi connectivity index (χ3n) is 4.06. The molecule has 0 radical (unpaired) electrons. The SMILES string of the molecule is CCS(=O)(=O)NC1CCN(c2ccc3ncc([N+](=O)[O-])n3n2)CC1. The fraction of sp³-hybridized carbons (Fsp3) is 0.538. The van der Waals surface area contributed by atoms with Gasteiger partial charge in [-0.15, -0.1) is 0 Å². The quantitative estimate of drug-likeness (QED) is 0.614. The highest BCUT2D eigenvalue weighted by atomic mass is 32.2. The van der Waals surface area contributed by atoms with Crippen molar-refractivity contribution in [2.45, 2.75) is 25.8 Å². The normalized spacial score (nSPS) is 16.6. The number of nitrogens with zero attached hydrogens (tertiary/aromatic N) is 5. The van der Waals surface area contributed by atoms with Crippen LogP contribution in [0.5, 0.6) is 0 Å². The zero-order chi connectivity index (χ0) is 17.3. The van der Waals surface area contributed by atoms with Gasteiger partial charge in [0.15, 0.2) is 5.82 Å².